The van der Waals surface area contributed by atoms with E-state index in [1.807, 2.05) is 11.4 Å². The first kappa shape index (κ1) is 23.1. The molecule has 1 aliphatic carbocycles. The van der Waals surface area contributed by atoms with Crippen LogP contribution in [0.2, 0.25) is 5.02 Å². The molecule has 8 nitrogen and oxygen atoms in total. The molecule has 10 heteroatoms. The normalized spacial score (nSPS) is 21.8. The van der Waals surface area contributed by atoms with Crippen LogP contribution >= 0.6 is 22.9 Å². The van der Waals surface area contributed by atoms with Crippen molar-refractivity contribution in [1.29, 1.82) is 0 Å². The Morgan fingerprint density at radius 3 is 2.59 bits per heavy atom. The molecule has 174 valence electrons. The van der Waals surface area contributed by atoms with Gasteiger partial charge in [-0.15, -0.1) is 11.3 Å². The van der Waals surface area contributed by atoms with Crippen LogP contribution in [0.25, 0.3) is 11.3 Å². The number of pyridine rings is 1. The second kappa shape index (κ2) is 11.2. The number of hydrogen-bond acceptors (Lipinski definition) is 7. The summed E-state index contributed by atoms with van der Waals surface area (Å²) >= 11 is 8.02. The van der Waals surface area contributed by atoms with E-state index < -0.39 is 6.09 Å². The van der Waals surface area contributed by atoms with Gasteiger partial charge in [0.2, 0.25) is 0 Å². The number of aromatic nitrogens is 2. The van der Waals surface area contributed by atoms with Crippen molar-refractivity contribution in [3.8, 4) is 11.3 Å². The minimum absolute atomic E-state index is 0.0722. The number of ether oxygens (including phenoxy) is 1. The predicted octanol–water partition coefficient (Wildman–Crippen LogP) is 4.94. The van der Waals surface area contributed by atoms with Crippen LogP contribution in [-0.2, 0) is 4.74 Å². The van der Waals surface area contributed by atoms with Gasteiger partial charge in [-0.1, -0.05) is 11.6 Å². The fourth-order valence-electron chi connectivity index (χ4n) is 4.33. The maximum atomic E-state index is 10.8. The van der Waals surface area contributed by atoms with Crippen LogP contribution in [0.5, 0.6) is 0 Å². The molecule has 32 heavy (non-hydrogen) atoms. The Bertz CT molecular complexity index is 897. The number of nitrogens with zero attached hydrogens (tertiary/aromatic N) is 2. The van der Waals surface area contributed by atoms with E-state index in [1.165, 1.54) is 0 Å². The number of rotatable bonds is 8. The quantitative estimate of drug-likeness (QED) is 0.424. The Hall–Kier alpha value is -2.10. The van der Waals surface area contributed by atoms with Gasteiger partial charge in [-0.2, -0.15) is 0 Å². The van der Waals surface area contributed by atoms with Gasteiger partial charge in [0, 0.05) is 49.5 Å². The van der Waals surface area contributed by atoms with Crippen molar-refractivity contribution >= 4 is 40.0 Å². The summed E-state index contributed by atoms with van der Waals surface area (Å²) < 4.78 is 5.42. The minimum atomic E-state index is -0.937. The fraction of sp³-hybridized carbons (Fsp3) is 0.591. The predicted molar refractivity (Wildman–Crippen MR) is 128 cm³/mol. The van der Waals surface area contributed by atoms with Crippen molar-refractivity contribution < 1.29 is 14.6 Å². The highest BCUT2D eigenvalue weighted by Gasteiger charge is 2.22. The summed E-state index contributed by atoms with van der Waals surface area (Å²) in [4.78, 5) is 19.9. The minimum Gasteiger partial charge on any atom is -0.465 e. The SMILES string of the molecule is O=C(O)N[C@H]1CC[C@H](CNc2cc(-c3csc(NCC4CCOCC4)n3)c(Cl)cn2)CC1. The lowest BCUT2D eigenvalue weighted by Crippen LogP contribution is -2.37. The summed E-state index contributed by atoms with van der Waals surface area (Å²) in [6.07, 6.45) is 6.65. The zero-order valence-corrected chi connectivity index (χ0v) is 19.6. The van der Waals surface area contributed by atoms with Gasteiger partial charge in [-0.25, -0.2) is 14.8 Å². The molecule has 3 heterocycles. The van der Waals surface area contributed by atoms with Crippen LogP contribution in [0.4, 0.5) is 15.7 Å². The second-order valence-corrected chi connectivity index (χ2v) is 9.84. The summed E-state index contributed by atoms with van der Waals surface area (Å²) in [5.41, 5.74) is 1.72. The number of hydrogen-bond donors (Lipinski definition) is 4. The maximum absolute atomic E-state index is 10.8. The number of halogens is 1. The third-order valence-electron chi connectivity index (χ3n) is 6.26. The van der Waals surface area contributed by atoms with Crippen LogP contribution in [0.1, 0.15) is 38.5 Å². The Kier molecular flexibility index (Phi) is 8.05. The highest BCUT2D eigenvalue weighted by Crippen LogP contribution is 2.32. The van der Waals surface area contributed by atoms with Crippen molar-refractivity contribution in [3.63, 3.8) is 0 Å². The fourth-order valence-corrected chi connectivity index (χ4v) is 5.25. The number of amides is 1. The van der Waals surface area contributed by atoms with Gasteiger partial charge in [-0.3, -0.25) is 0 Å². The largest absolute Gasteiger partial charge is 0.465 e. The number of carbonyl (C=O) groups is 1. The average Bonchev–Trinajstić information content (AvgIpc) is 3.27. The van der Waals surface area contributed by atoms with Gasteiger partial charge in [-0.05, 0) is 56.4 Å². The van der Waals surface area contributed by atoms with Crippen molar-refractivity contribution in [2.75, 3.05) is 36.9 Å². The topological polar surface area (TPSA) is 108 Å². The molecule has 1 saturated carbocycles. The molecule has 0 spiro atoms. The Morgan fingerprint density at radius 2 is 1.84 bits per heavy atom. The lowest BCUT2D eigenvalue weighted by atomic mass is 9.86. The smallest absolute Gasteiger partial charge is 0.404 e. The molecule has 2 aromatic heterocycles. The van der Waals surface area contributed by atoms with Crippen molar-refractivity contribution in [2.24, 2.45) is 11.8 Å². The number of carboxylic acid groups (broad SMARTS) is 1. The summed E-state index contributed by atoms with van der Waals surface area (Å²) in [5, 5.41) is 21.8. The Morgan fingerprint density at radius 1 is 1.12 bits per heavy atom. The molecule has 4 rings (SSSR count). The lowest BCUT2D eigenvalue weighted by Gasteiger charge is -2.28. The second-order valence-electron chi connectivity index (χ2n) is 8.57. The molecule has 2 aliphatic rings. The van der Waals surface area contributed by atoms with Crippen LogP contribution < -0.4 is 16.0 Å². The van der Waals surface area contributed by atoms with Gasteiger partial charge in [0.25, 0.3) is 0 Å². The van der Waals surface area contributed by atoms with E-state index in [0.29, 0.717) is 16.9 Å². The van der Waals surface area contributed by atoms with Crippen LogP contribution in [-0.4, -0.2) is 53.5 Å². The van der Waals surface area contributed by atoms with Gasteiger partial charge in [0.1, 0.15) is 5.82 Å². The molecule has 0 bridgehead atoms. The van der Waals surface area contributed by atoms with E-state index >= 15 is 0 Å². The van der Waals surface area contributed by atoms with Gasteiger partial charge < -0.3 is 25.8 Å². The van der Waals surface area contributed by atoms with Crippen molar-refractivity contribution in [2.45, 2.75) is 44.6 Å². The molecule has 0 atom stereocenters. The van der Waals surface area contributed by atoms with Gasteiger partial charge >= 0.3 is 6.09 Å². The highest BCUT2D eigenvalue weighted by atomic mass is 35.5. The monoisotopic (exact) mass is 479 g/mol. The van der Waals surface area contributed by atoms with Crippen molar-refractivity contribution in [1.82, 2.24) is 15.3 Å². The highest BCUT2D eigenvalue weighted by molar-refractivity contribution is 7.14. The van der Waals surface area contributed by atoms with E-state index in [1.54, 1.807) is 17.5 Å². The van der Waals surface area contributed by atoms with E-state index in [9.17, 15) is 4.79 Å². The maximum Gasteiger partial charge on any atom is 0.404 e. The summed E-state index contributed by atoms with van der Waals surface area (Å²) in [6.45, 7) is 3.41. The average molecular weight is 480 g/mol. The first-order chi connectivity index (χ1) is 15.6. The number of anilines is 2. The van der Waals surface area contributed by atoms with Crippen LogP contribution in [0.15, 0.2) is 17.6 Å². The zero-order valence-electron chi connectivity index (χ0n) is 18.0. The van der Waals surface area contributed by atoms with E-state index in [0.717, 1.165) is 87.0 Å². The molecule has 1 amide bonds. The Labute approximate surface area is 197 Å². The van der Waals surface area contributed by atoms with Gasteiger partial charge in [0.15, 0.2) is 5.13 Å². The first-order valence-corrected chi connectivity index (χ1v) is 12.5. The van der Waals surface area contributed by atoms with Gasteiger partial charge in [0.05, 0.1) is 10.7 Å². The molecule has 1 saturated heterocycles. The third-order valence-corrected chi connectivity index (χ3v) is 7.37. The summed E-state index contributed by atoms with van der Waals surface area (Å²) in [6, 6.07) is 2.03. The molecular formula is C22H30ClN5O3S. The molecule has 1 aliphatic heterocycles. The molecule has 0 radical (unpaired) electrons. The first-order valence-electron chi connectivity index (χ1n) is 11.2. The molecule has 4 N–H and O–H groups in total. The van der Waals surface area contributed by atoms with E-state index in [4.69, 9.17) is 26.4 Å². The zero-order chi connectivity index (χ0) is 22.3. The Balaban J connectivity index is 1.30. The lowest BCUT2D eigenvalue weighted by molar-refractivity contribution is 0.0699. The molecule has 0 aromatic carbocycles. The van der Waals surface area contributed by atoms with E-state index in [2.05, 4.69) is 20.9 Å². The molecule has 2 aromatic rings. The number of nitrogens with one attached hydrogen (secondary N) is 3. The van der Waals surface area contributed by atoms with E-state index in [-0.39, 0.29) is 6.04 Å². The van der Waals surface area contributed by atoms with Crippen LogP contribution in [0, 0.1) is 11.8 Å². The number of thiazole rings is 1. The molecule has 2 fully saturated rings. The van der Waals surface area contributed by atoms with Crippen molar-refractivity contribution in [3.05, 3.63) is 22.7 Å². The standard InChI is InChI=1S/C22H30ClN5O3S/c23-18-12-25-20(24-10-14-1-3-16(4-2-14)27-22(29)30)9-17(18)19-13-32-21(28-19)26-11-15-5-7-31-8-6-15/h9,12-16,27H,1-8,10-11H2,(H,24,25)(H,26,28)(H,29,30)/t14-,16-. The summed E-state index contributed by atoms with van der Waals surface area (Å²) in [7, 11) is 0. The summed E-state index contributed by atoms with van der Waals surface area (Å²) in [5.74, 6) is 1.91. The molecule has 0 unspecified atom stereocenters. The third kappa shape index (κ3) is 6.46. The van der Waals surface area contributed by atoms with Crippen LogP contribution in [0.3, 0.4) is 0 Å². The molecular weight excluding hydrogens is 450 g/mol.